The lowest BCUT2D eigenvalue weighted by atomic mass is 10.1. The number of rotatable bonds is 2. The lowest BCUT2D eigenvalue weighted by Gasteiger charge is -2.09. The summed E-state index contributed by atoms with van der Waals surface area (Å²) in [5.74, 6) is -2.71. The molecule has 70 valence electrons. The first-order chi connectivity index (χ1) is 6.04. The summed E-state index contributed by atoms with van der Waals surface area (Å²) in [6.45, 7) is 0. The Morgan fingerprint density at radius 3 is 2.15 bits per heavy atom. The Hall–Kier alpha value is -1.49. The fraction of sp³-hybridized carbons (Fsp3) is 0.125. The van der Waals surface area contributed by atoms with Crippen molar-refractivity contribution >= 4 is 5.91 Å². The highest BCUT2D eigenvalue weighted by Crippen LogP contribution is 2.18. The number of benzene rings is 1. The number of nitrogens with two attached hydrogens (primary N) is 2. The largest absolute Gasteiger partial charge is 0.368 e. The molecule has 0 spiro atoms. The van der Waals surface area contributed by atoms with Gasteiger partial charge in [-0.2, -0.15) is 0 Å². The molecule has 0 saturated heterocycles. The molecule has 0 aliphatic rings. The van der Waals surface area contributed by atoms with Crippen LogP contribution in [0.25, 0.3) is 0 Å². The highest BCUT2D eigenvalue weighted by molar-refractivity contribution is 5.81. The van der Waals surface area contributed by atoms with Gasteiger partial charge in [-0.05, 0) is 12.1 Å². The second-order valence-electron chi connectivity index (χ2n) is 2.52. The molecule has 1 amide bonds. The van der Waals surface area contributed by atoms with Gasteiger partial charge in [-0.25, -0.2) is 8.78 Å². The van der Waals surface area contributed by atoms with Crippen LogP contribution in [0, 0.1) is 11.6 Å². The quantitative estimate of drug-likeness (QED) is 0.704. The standard InChI is InChI=1S/C8H8F2N2O/c9-4-2-1-3-5(10)6(4)7(11)8(12)13/h1-3,7H,11H2,(H2,12,13). The van der Waals surface area contributed by atoms with Gasteiger partial charge in [0.1, 0.15) is 17.7 Å². The molecule has 1 aromatic carbocycles. The molecular weight excluding hydrogens is 178 g/mol. The summed E-state index contributed by atoms with van der Waals surface area (Å²) in [7, 11) is 0. The number of hydrogen-bond acceptors (Lipinski definition) is 2. The zero-order chi connectivity index (χ0) is 10.0. The lowest BCUT2D eigenvalue weighted by Crippen LogP contribution is -2.29. The maximum Gasteiger partial charge on any atom is 0.239 e. The van der Waals surface area contributed by atoms with Crippen LogP contribution in [0.3, 0.4) is 0 Å². The van der Waals surface area contributed by atoms with Crippen LogP contribution in [0.1, 0.15) is 11.6 Å². The Labute approximate surface area is 73.3 Å². The normalized spacial score (nSPS) is 12.5. The lowest BCUT2D eigenvalue weighted by molar-refractivity contribution is -0.119. The Kier molecular flexibility index (Phi) is 2.57. The van der Waals surface area contributed by atoms with E-state index in [2.05, 4.69) is 0 Å². The van der Waals surface area contributed by atoms with Crippen LogP contribution in [0.5, 0.6) is 0 Å². The monoisotopic (exact) mass is 186 g/mol. The van der Waals surface area contributed by atoms with Crippen molar-refractivity contribution < 1.29 is 13.6 Å². The van der Waals surface area contributed by atoms with Crippen molar-refractivity contribution in [3.8, 4) is 0 Å². The van der Waals surface area contributed by atoms with E-state index in [1.54, 1.807) is 0 Å². The molecule has 0 fully saturated rings. The smallest absolute Gasteiger partial charge is 0.239 e. The van der Waals surface area contributed by atoms with E-state index < -0.39 is 29.1 Å². The van der Waals surface area contributed by atoms with Crippen LogP contribution in [0.4, 0.5) is 8.78 Å². The number of amides is 1. The Morgan fingerprint density at radius 2 is 1.77 bits per heavy atom. The van der Waals surface area contributed by atoms with Crippen LogP contribution < -0.4 is 11.5 Å². The molecule has 0 aromatic heterocycles. The van der Waals surface area contributed by atoms with E-state index in [1.165, 1.54) is 6.07 Å². The van der Waals surface area contributed by atoms with Crippen LogP contribution >= 0.6 is 0 Å². The van der Waals surface area contributed by atoms with Crippen molar-refractivity contribution in [2.75, 3.05) is 0 Å². The molecule has 13 heavy (non-hydrogen) atoms. The van der Waals surface area contributed by atoms with E-state index in [4.69, 9.17) is 11.5 Å². The summed E-state index contributed by atoms with van der Waals surface area (Å²) in [6, 6.07) is 1.77. The topological polar surface area (TPSA) is 69.1 Å². The Bertz CT molecular complexity index is 321. The summed E-state index contributed by atoms with van der Waals surface area (Å²) in [4.78, 5) is 10.6. The maximum atomic E-state index is 12.9. The third-order valence-corrected chi connectivity index (χ3v) is 1.62. The van der Waals surface area contributed by atoms with Crippen molar-refractivity contribution in [3.63, 3.8) is 0 Å². The summed E-state index contributed by atoms with van der Waals surface area (Å²) >= 11 is 0. The average Bonchev–Trinajstić information content (AvgIpc) is 2.03. The Balaban J connectivity index is 3.20. The number of hydrogen-bond donors (Lipinski definition) is 2. The minimum absolute atomic E-state index is 0.491. The zero-order valence-electron chi connectivity index (χ0n) is 6.63. The molecule has 0 radical (unpaired) electrons. The first-order valence-corrected chi connectivity index (χ1v) is 3.53. The third kappa shape index (κ3) is 1.81. The number of carbonyl (C=O) groups is 1. The van der Waals surface area contributed by atoms with E-state index in [0.717, 1.165) is 12.1 Å². The number of carbonyl (C=O) groups excluding carboxylic acids is 1. The molecule has 1 atom stereocenters. The molecule has 1 rings (SSSR count). The summed E-state index contributed by atoms with van der Waals surface area (Å²) in [5.41, 5.74) is 9.50. The molecule has 1 aromatic rings. The van der Waals surface area contributed by atoms with Gasteiger partial charge in [-0.3, -0.25) is 4.79 Å². The van der Waals surface area contributed by atoms with Gasteiger partial charge in [-0.15, -0.1) is 0 Å². The van der Waals surface area contributed by atoms with Crippen molar-refractivity contribution in [3.05, 3.63) is 35.4 Å². The SMILES string of the molecule is NC(=O)C(N)c1c(F)cccc1F. The van der Waals surface area contributed by atoms with E-state index in [-0.39, 0.29) is 0 Å². The molecule has 0 heterocycles. The second kappa shape index (κ2) is 3.49. The van der Waals surface area contributed by atoms with Gasteiger partial charge >= 0.3 is 0 Å². The van der Waals surface area contributed by atoms with Crippen molar-refractivity contribution in [2.45, 2.75) is 6.04 Å². The molecule has 0 aliphatic heterocycles. The van der Waals surface area contributed by atoms with Gasteiger partial charge in [0.25, 0.3) is 0 Å². The van der Waals surface area contributed by atoms with Crippen LogP contribution in [-0.2, 0) is 4.79 Å². The molecule has 0 saturated carbocycles. The van der Waals surface area contributed by atoms with E-state index in [9.17, 15) is 13.6 Å². The van der Waals surface area contributed by atoms with Gasteiger partial charge in [0, 0.05) is 5.56 Å². The second-order valence-corrected chi connectivity index (χ2v) is 2.52. The van der Waals surface area contributed by atoms with Crippen molar-refractivity contribution in [2.24, 2.45) is 11.5 Å². The molecule has 1 unspecified atom stereocenters. The fourth-order valence-corrected chi connectivity index (χ4v) is 0.950. The highest BCUT2D eigenvalue weighted by atomic mass is 19.1. The molecular formula is C8H8F2N2O. The number of halogens is 2. The predicted molar refractivity (Wildman–Crippen MR) is 42.5 cm³/mol. The first kappa shape index (κ1) is 9.60. The van der Waals surface area contributed by atoms with Crippen molar-refractivity contribution in [1.29, 1.82) is 0 Å². The zero-order valence-corrected chi connectivity index (χ0v) is 6.63. The number of primary amides is 1. The molecule has 4 N–H and O–H groups in total. The van der Waals surface area contributed by atoms with Gasteiger partial charge in [0.2, 0.25) is 5.91 Å². The summed E-state index contributed by atoms with van der Waals surface area (Å²) in [5, 5.41) is 0. The molecule has 0 bridgehead atoms. The van der Waals surface area contributed by atoms with Crippen LogP contribution in [0.15, 0.2) is 18.2 Å². The summed E-state index contributed by atoms with van der Waals surface area (Å²) in [6.07, 6.45) is 0. The van der Waals surface area contributed by atoms with E-state index in [0.29, 0.717) is 0 Å². The van der Waals surface area contributed by atoms with Crippen LogP contribution in [0.2, 0.25) is 0 Å². The molecule has 3 nitrogen and oxygen atoms in total. The van der Waals surface area contributed by atoms with E-state index >= 15 is 0 Å². The molecule has 0 aliphatic carbocycles. The van der Waals surface area contributed by atoms with E-state index in [1.807, 2.05) is 0 Å². The van der Waals surface area contributed by atoms with Gasteiger partial charge in [0.15, 0.2) is 0 Å². The minimum Gasteiger partial charge on any atom is -0.368 e. The highest BCUT2D eigenvalue weighted by Gasteiger charge is 2.20. The average molecular weight is 186 g/mol. The maximum absolute atomic E-state index is 12.9. The minimum atomic E-state index is -1.44. The van der Waals surface area contributed by atoms with Gasteiger partial charge in [0.05, 0.1) is 0 Å². The first-order valence-electron chi connectivity index (χ1n) is 3.53. The van der Waals surface area contributed by atoms with Gasteiger partial charge in [-0.1, -0.05) is 6.07 Å². The van der Waals surface area contributed by atoms with Crippen LogP contribution in [-0.4, -0.2) is 5.91 Å². The van der Waals surface area contributed by atoms with Gasteiger partial charge < -0.3 is 11.5 Å². The summed E-state index contributed by atoms with van der Waals surface area (Å²) < 4.78 is 25.9. The Morgan fingerprint density at radius 1 is 1.31 bits per heavy atom. The third-order valence-electron chi connectivity index (χ3n) is 1.62. The predicted octanol–water partition coefficient (Wildman–Crippen LogP) is 0.450. The molecule has 5 heteroatoms. The fourth-order valence-electron chi connectivity index (χ4n) is 0.950. The van der Waals surface area contributed by atoms with Crippen molar-refractivity contribution in [1.82, 2.24) is 0 Å².